The van der Waals surface area contributed by atoms with Crippen molar-refractivity contribution in [3.63, 3.8) is 0 Å². The Morgan fingerprint density at radius 2 is 1.43 bits per heavy atom. The van der Waals surface area contributed by atoms with E-state index in [2.05, 4.69) is 0 Å². The van der Waals surface area contributed by atoms with Crippen LogP contribution < -0.4 is 5.56 Å². The van der Waals surface area contributed by atoms with E-state index in [1.54, 1.807) is 28.8 Å². The molecule has 1 heterocycles. The van der Waals surface area contributed by atoms with Crippen molar-refractivity contribution in [3.8, 4) is 5.69 Å². The molecular formula is C26H17FN2O. The normalized spacial score (nSPS) is 11.5. The van der Waals surface area contributed by atoms with Crippen molar-refractivity contribution < 1.29 is 4.39 Å². The molecule has 0 fully saturated rings. The molecule has 0 unspecified atom stereocenters. The van der Waals surface area contributed by atoms with Gasteiger partial charge in [0.25, 0.3) is 5.56 Å². The van der Waals surface area contributed by atoms with Gasteiger partial charge < -0.3 is 0 Å². The summed E-state index contributed by atoms with van der Waals surface area (Å²) in [5.74, 6) is 0.225. The van der Waals surface area contributed by atoms with Crippen LogP contribution in [0.5, 0.6) is 0 Å². The minimum atomic E-state index is -0.288. The van der Waals surface area contributed by atoms with Crippen LogP contribution in [0.3, 0.4) is 0 Å². The maximum Gasteiger partial charge on any atom is 0.266 e. The summed E-state index contributed by atoms with van der Waals surface area (Å²) in [5.41, 5.74) is 2.10. The van der Waals surface area contributed by atoms with E-state index in [9.17, 15) is 9.18 Å². The van der Waals surface area contributed by atoms with Crippen LogP contribution in [0.4, 0.5) is 4.39 Å². The number of fused-ring (bicyclic) bond motifs is 2. The fourth-order valence-corrected chi connectivity index (χ4v) is 3.64. The Hall–Kier alpha value is -4.05. The van der Waals surface area contributed by atoms with Crippen molar-refractivity contribution in [1.82, 2.24) is 9.55 Å². The number of rotatable bonds is 3. The number of nitrogens with zero attached hydrogens (tertiary/aromatic N) is 2. The van der Waals surface area contributed by atoms with Crippen molar-refractivity contribution in [2.45, 2.75) is 0 Å². The van der Waals surface area contributed by atoms with E-state index in [1.165, 1.54) is 12.1 Å². The standard InChI is InChI=1S/C26H17FN2O/c27-20-15-12-18(13-16-20)14-17-25-28-23-10-4-3-9-22(23)26(30)29(25)24-11-5-7-19-6-1-2-8-21(19)24/h1-17H/b17-14+. The monoisotopic (exact) mass is 392 g/mol. The van der Waals surface area contributed by atoms with Gasteiger partial charge in [0, 0.05) is 5.39 Å². The molecule has 0 aliphatic rings. The quantitative estimate of drug-likeness (QED) is 0.386. The SMILES string of the molecule is O=c1c2ccccc2nc(/C=C/c2ccc(F)cc2)n1-c1cccc2ccccc12. The van der Waals surface area contributed by atoms with Gasteiger partial charge in [0.15, 0.2) is 0 Å². The van der Waals surface area contributed by atoms with E-state index in [1.807, 2.05) is 66.7 Å². The van der Waals surface area contributed by atoms with Crippen molar-refractivity contribution in [3.05, 3.63) is 119 Å². The maximum atomic E-state index is 13.5. The fourth-order valence-electron chi connectivity index (χ4n) is 3.64. The molecule has 1 aromatic heterocycles. The smallest absolute Gasteiger partial charge is 0.266 e. The summed E-state index contributed by atoms with van der Waals surface area (Å²) >= 11 is 0. The second-order valence-corrected chi connectivity index (χ2v) is 7.01. The van der Waals surface area contributed by atoms with Gasteiger partial charge in [0.1, 0.15) is 11.6 Å². The number of aromatic nitrogens is 2. The first-order valence-electron chi connectivity index (χ1n) is 9.64. The molecule has 30 heavy (non-hydrogen) atoms. The van der Waals surface area contributed by atoms with Crippen LogP contribution in [-0.2, 0) is 0 Å². The Labute approximate surface area is 172 Å². The lowest BCUT2D eigenvalue weighted by Crippen LogP contribution is -2.22. The Morgan fingerprint density at radius 3 is 2.27 bits per heavy atom. The second kappa shape index (κ2) is 7.41. The summed E-state index contributed by atoms with van der Waals surface area (Å²) in [7, 11) is 0. The van der Waals surface area contributed by atoms with Crippen LogP contribution in [0, 0.1) is 5.82 Å². The van der Waals surface area contributed by atoms with Crippen LogP contribution in [0.15, 0.2) is 95.8 Å². The highest BCUT2D eigenvalue weighted by atomic mass is 19.1. The number of para-hydroxylation sites is 1. The van der Waals surface area contributed by atoms with Gasteiger partial charge in [-0.3, -0.25) is 9.36 Å². The van der Waals surface area contributed by atoms with Gasteiger partial charge in [0.05, 0.1) is 16.6 Å². The van der Waals surface area contributed by atoms with Crippen molar-refractivity contribution in [1.29, 1.82) is 0 Å². The average Bonchev–Trinajstić information content (AvgIpc) is 2.79. The summed E-state index contributed by atoms with van der Waals surface area (Å²) in [4.78, 5) is 18.2. The van der Waals surface area contributed by atoms with Gasteiger partial charge in [-0.15, -0.1) is 0 Å². The lowest BCUT2D eigenvalue weighted by molar-refractivity contribution is 0.628. The minimum absolute atomic E-state index is 0.129. The number of hydrogen-bond acceptors (Lipinski definition) is 2. The largest absolute Gasteiger partial charge is 0.268 e. The van der Waals surface area contributed by atoms with E-state index in [0.29, 0.717) is 16.7 Å². The molecule has 5 aromatic rings. The summed E-state index contributed by atoms with van der Waals surface area (Å²) in [6, 6.07) is 27.4. The zero-order valence-corrected chi connectivity index (χ0v) is 16.0. The maximum absolute atomic E-state index is 13.5. The third-order valence-corrected chi connectivity index (χ3v) is 5.10. The zero-order chi connectivity index (χ0) is 20.5. The predicted octanol–water partition coefficient (Wildman–Crippen LogP) is 5.85. The van der Waals surface area contributed by atoms with Crippen LogP contribution in [0.1, 0.15) is 11.4 Å². The number of halogens is 1. The van der Waals surface area contributed by atoms with Crippen LogP contribution >= 0.6 is 0 Å². The fraction of sp³-hybridized carbons (Fsp3) is 0. The Balaban J connectivity index is 1.79. The predicted molar refractivity (Wildman–Crippen MR) is 120 cm³/mol. The molecule has 0 saturated heterocycles. The average molecular weight is 392 g/mol. The third-order valence-electron chi connectivity index (χ3n) is 5.10. The molecule has 0 aliphatic heterocycles. The molecule has 4 heteroatoms. The molecular weight excluding hydrogens is 375 g/mol. The van der Waals surface area contributed by atoms with E-state index in [-0.39, 0.29) is 11.4 Å². The lowest BCUT2D eigenvalue weighted by atomic mass is 10.1. The lowest BCUT2D eigenvalue weighted by Gasteiger charge is -2.14. The molecule has 0 atom stereocenters. The molecule has 5 rings (SSSR count). The molecule has 0 radical (unpaired) electrons. The van der Waals surface area contributed by atoms with Gasteiger partial charge in [-0.05, 0) is 47.4 Å². The summed E-state index contributed by atoms with van der Waals surface area (Å²) in [6.45, 7) is 0. The molecule has 0 N–H and O–H groups in total. The molecule has 0 bridgehead atoms. The summed E-state index contributed by atoms with van der Waals surface area (Å²) < 4.78 is 14.9. The molecule has 3 nitrogen and oxygen atoms in total. The summed E-state index contributed by atoms with van der Waals surface area (Å²) in [6.07, 6.45) is 3.63. The van der Waals surface area contributed by atoms with Gasteiger partial charge in [0.2, 0.25) is 0 Å². The van der Waals surface area contributed by atoms with Gasteiger partial charge in [-0.2, -0.15) is 0 Å². The van der Waals surface area contributed by atoms with E-state index >= 15 is 0 Å². The molecule has 4 aromatic carbocycles. The minimum Gasteiger partial charge on any atom is -0.268 e. The first-order chi connectivity index (χ1) is 14.7. The highest BCUT2D eigenvalue weighted by molar-refractivity contribution is 5.91. The molecule has 144 valence electrons. The Bertz CT molecular complexity index is 1460. The second-order valence-electron chi connectivity index (χ2n) is 7.01. The Kier molecular flexibility index (Phi) is 4.45. The highest BCUT2D eigenvalue weighted by Crippen LogP contribution is 2.23. The van der Waals surface area contributed by atoms with E-state index in [0.717, 1.165) is 22.0 Å². The van der Waals surface area contributed by atoms with Crippen LogP contribution in [-0.4, -0.2) is 9.55 Å². The number of hydrogen-bond donors (Lipinski definition) is 0. The van der Waals surface area contributed by atoms with Crippen molar-refractivity contribution >= 4 is 33.8 Å². The van der Waals surface area contributed by atoms with Gasteiger partial charge in [-0.25, -0.2) is 9.37 Å². The molecule has 0 saturated carbocycles. The zero-order valence-electron chi connectivity index (χ0n) is 16.0. The van der Waals surface area contributed by atoms with E-state index < -0.39 is 0 Å². The third kappa shape index (κ3) is 3.18. The molecule has 0 spiro atoms. The summed E-state index contributed by atoms with van der Waals surface area (Å²) in [5, 5.41) is 2.57. The van der Waals surface area contributed by atoms with Crippen LogP contribution in [0.2, 0.25) is 0 Å². The van der Waals surface area contributed by atoms with E-state index in [4.69, 9.17) is 4.98 Å². The van der Waals surface area contributed by atoms with Crippen LogP contribution in [0.25, 0.3) is 39.5 Å². The van der Waals surface area contributed by atoms with Crippen molar-refractivity contribution in [2.24, 2.45) is 0 Å². The van der Waals surface area contributed by atoms with Gasteiger partial charge in [-0.1, -0.05) is 66.7 Å². The highest BCUT2D eigenvalue weighted by Gasteiger charge is 2.13. The molecule has 0 aliphatic carbocycles. The van der Waals surface area contributed by atoms with Gasteiger partial charge >= 0.3 is 0 Å². The van der Waals surface area contributed by atoms with Crippen molar-refractivity contribution in [2.75, 3.05) is 0 Å². The molecule has 0 amide bonds. The first-order valence-corrected chi connectivity index (χ1v) is 9.64. The topological polar surface area (TPSA) is 34.9 Å². The first kappa shape index (κ1) is 18.0. The Morgan fingerprint density at radius 1 is 0.733 bits per heavy atom. The number of benzene rings is 4.